The lowest BCUT2D eigenvalue weighted by atomic mass is 9.96. The molecule has 2 aromatic heterocycles. The van der Waals surface area contributed by atoms with E-state index in [0.717, 1.165) is 88.9 Å². The van der Waals surface area contributed by atoms with Crippen LogP contribution in [0.2, 0.25) is 0 Å². The van der Waals surface area contributed by atoms with E-state index in [-0.39, 0.29) is 5.82 Å². The van der Waals surface area contributed by atoms with Crippen LogP contribution in [0.1, 0.15) is 0 Å². The standard InChI is InChI=1S/C54H36FN3/c55-41-21-14-24-43(36-41)57-48-28-13-11-26-46(48)54-50(57)30-16-32-52(54)58(44-34-39(37-17-4-1-5-18-37)33-40(35-44)38-19-6-2-7-20-38)51-31-15-29-49-53(51)45-25-10-12-27-47(45)56(49)42-22-8-3-9-23-42/h1-36H. The Balaban J connectivity index is 1.29. The Bertz CT molecular complexity index is 3230. The first-order valence-corrected chi connectivity index (χ1v) is 19.6. The summed E-state index contributed by atoms with van der Waals surface area (Å²) in [5, 5.41) is 4.49. The Morgan fingerprint density at radius 3 is 1.29 bits per heavy atom. The number of hydrogen-bond acceptors (Lipinski definition) is 1. The second-order valence-corrected chi connectivity index (χ2v) is 14.7. The van der Waals surface area contributed by atoms with Crippen LogP contribution in [0.5, 0.6) is 0 Å². The van der Waals surface area contributed by atoms with Crippen LogP contribution in [0.4, 0.5) is 21.5 Å². The first kappa shape index (κ1) is 33.6. The van der Waals surface area contributed by atoms with Gasteiger partial charge in [0.15, 0.2) is 0 Å². The average molecular weight is 746 g/mol. The highest BCUT2D eigenvalue weighted by Gasteiger charge is 2.25. The van der Waals surface area contributed by atoms with E-state index >= 15 is 0 Å². The number of nitrogens with zero attached hydrogens (tertiary/aromatic N) is 3. The maximum absolute atomic E-state index is 14.9. The van der Waals surface area contributed by atoms with Crippen molar-refractivity contribution in [3.05, 3.63) is 224 Å². The molecule has 9 aromatic carbocycles. The molecule has 58 heavy (non-hydrogen) atoms. The molecule has 0 aliphatic carbocycles. The molecule has 0 bridgehead atoms. The van der Waals surface area contributed by atoms with Gasteiger partial charge in [0.05, 0.1) is 33.4 Å². The van der Waals surface area contributed by atoms with Gasteiger partial charge in [-0.15, -0.1) is 0 Å². The predicted octanol–water partition coefficient (Wildman–Crippen LogP) is 14.8. The first-order valence-electron chi connectivity index (χ1n) is 19.6. The molecule has 0 aliphatic rings. The summed E-state index contributed by atoms with van der Waals surface area (Å²) >= 11 is 0. The monoisotopic (exact) mass is 745 g/mol. The zero-order valence-corrected chi connectivity index (χ0v) is 31.5. The minimum Gasteiger partial charge on any atom is -0.309 e. The van der Waals surface area contributed by atoms with Gasteiger partial charge in [0.2, 0.25) is 0 Å². The van der Waals surface area contributed by atoms with Crippen LogP contribution in [0.3, 0.4) is 0 Å². The molecule has 0 fully saturated rings. The molecule has 274 valence electrons. The number of fused-ring (bicyclic) bond motifs is 6. The maximum Gasteiger partial charge on any atom is 0.125 e. The zero-order chi connectivity index (χ0) is 38.6. The fraction of sp³-hybridized carbons (Fsp3) is 0. The molecule has 0 amide bonds. The maximum atomic E-state index is 14.9. The van der Waals surface area contributed by atoms with Gasteiger partial charge >= 0.3 is 0 Å². The highest BCUT2D eigenvalue weighted by atomic mass is 19.1. The molecule has 4 heteroatoms. The molecule has 2 heterocycles. The summed E-state index contributed by atoms with van der Waals surface area (Å²) in [5.41, 5.74) is 13.8. The van der Waals surface area contributed by atoms with Gasteiger partial charge in [-0.25, -0.2) is 4.39 Å². The predicted molar refractivity (Wildman–Crippen MR) is 241 cm³/mol. The molecule has 0 aliphatic heterocycles. The summed E-state index contributed by atoms with van der Waals surface area (Å²) in [4.78, 5) is 2.45. The minimum absolute atomic E-state index is 0.270. The van der Waals surface area contributed by atoms with E-state index in [4.69, 9.17) is 0 Å². The number of aromatic nitrogens is 2. The van der Waals surface area contributed by atoms with Gasteiger partial charge in [0.25, 0.3) is 0 Å². The third kappa shape index (κ3) is 5.49. The number of para-hydroxylation sites is 3. The lowest BCUT2D eigenvalue weighted by Crippen LogP contribution is -2.11. The number of anilines is 3. The highest BCUT2D eigenvalue weighted by Crippen LogP contribution is 2.49. The van der Waals surface area contributed by atoms with Gasteiger partial charge in [0.1, 0.15) is 5.82 Å². The molecule has 0 N–H and O–H groups in total. The van der Waals surface area contributed by atoms with Gasteiger partial charge < -0.3 is 14.0 Å². The molecular formula is C54H36FN3. The second-order valence-electron chi connectivity index (χ2n) is 14.7. The Kier molecular flexibility index (Phi) is 8.00. The van der Waals surface area contributed by atoms with Crippen molar-refractivity contribution in [2.75, 3.05) is 4.90 Å². The number of rotatable bonds is 7. The highest BCUT2D eigenvalue weighted by molar-refractivity contribution is 6.20. The van der Waals surface area contributed by atoms with Crippen molar-refractivity contribution in [2.45, 2.75) is 0 Å². The average Bonchev–Trinajstić information content (AvgIpc) is 3.81. The molecular weight excluding hydrogens is 710 g/mol. The van der Waals surface area contributed by atoms with Crippen LogP contribution in [-0.4, -0.2) is 9.13 Å². The molecule has 0 saturated carbocycles. The SMILES string of the molecule is Fc1cccc(-n2c3ccccc3c3c(N(c4cc(-c5ccccc5)cc(-c5ccccc5)c4)c4cccc5c4c4ccccc4n5-c4ccccc4)cccc32)c1. The van der Waals surface area contributed by atoms with Crippen molar-refractivity contribution in [1.29, 1.82) is 0 Å². The van der Waals surface area contributed by atoms with Gasteiger partial charge in [-0.05, 0) is 107 Å². The summed E-state index contributed by atoms with van der Waals surface area (Å²) < 4.78 is 19.5. The minimum atomic E-state index is -0.270. The number of hydrogen-bond donors (Lipinski definition) is 0. The second kappa shape index (κ2) is 13.8. The molecule has 3 nitrogen and oxygen atoms in total. The van der Waals surface area contributed by atoms with Crippen LogP contribution in [0.15, 0.2) is 218 Å². The molecule has 0 saturated heterocycles. The quantitative estimate of drug-likeness (QED) is 0.158. The van der Waals surface area contributed by atoms with Crippen molar-refractivity contribution in [2.24, 2.45) is 0 Å². The summed E-state index contributed by atoms with van der Waals surface area (Å²) in [5.74, 6) is -0.270. The fourth-order valence-corrected chi connectivity index (χ4v) is 8.86. The summed E-state index contributed by atoms with van der Waals surface area (Å²) in [6, 6.07) is 76.0. The van der Waals surface area contributed by atoms with E-state index in [9.17, 15) is 4.39 Å². The van der Waals surface area contributed by atoms with Gasteiger partial charge in [-0.3, -0.25) is 0 Å². The normalized spacial score (nSPS) is 11.5. The molecule has 0 unspecified atom stereocenters. The van der Waals surface area contributed by atoms with Crippen molar-refractivity contribution in [3.63, 3.8) is 0 Å². The Morgan fingerprint density at radius 2 is 0.759 bits per heavy atom. The first-order chi connectivity index (χ1) is 28.7. The van der Waals surface area contributed by atoms with Crippen LogP contribution in [0, 0.1) is 5.82 Å². The largest absolute Gasteiger partial charge is 0.309 e. The Labute approximate surface area is 335 Å². The van der Waals surface area contributed by atoms with Crippen molar-refractivity contribution < 1.29 is 4.39 Å². The Morgan fingerprint density at radius 1 is 0.328 bits per heavy atom. The van der Waals surface area contributed by atoms with Gasteiger partial charge in [-0.1, -0.05) is 133 Å². The van der Waals surface area contributed by atoms with E-state index < -0.39 is 0 Å². The van der Waals surface area contributed by atoms with E-state index in [2.05, 4.69) is 208 Å². The lowest BCUT2D eigenvalue weighted by Gasteiger charge is -2.29. The fourth-order valence-electron chi connectivity index (χ4n) is 8.86. The van der Waals surface area contributed by atoms with Crippen LogP contribution >= 0.6 is 0 Å². The lowest BCUT2D eigenvalue weighted by molar-refractivity contribution is 0.627. The molecule has 0 radical (unpaired) electrons. The van der Waals surface area contributed by atoms with Crippen molar-refractivity contribution in [3.8, 4) is 33.6 Å². The molecule has 11 rings (SSSR count). The van der Waals surface area contributed by atoms with Gasteiger partial charge in [-0.2, -0.15) is 0 Å². The van der Waals surface area contributed by atoms with Crippen molar-refractivity contribution >= 4 is 60.7 Å². The van der Waals surface area contributed by atoms with Crippen LogP contribution in [0.25, 0.3) is 77.2 Å². The Hall–Kier alpha value is -7.69. The van der Waals surface area contributed by atoms with E-state index in [1.54, 1.807) is 12.1 Å². The number of halogens is 1. The molecule has 0 atom stereocenters. The van der Waals surface area contributed by atoms with E-state index in [0.29, 0.717) is 0 Å². The summed E-state index contributed by atoms with van der Waals surface area (Å²) in [6.45, 7) is 0. The zero-order valence-electron chi connectivity index (χ0n) is 31.5. The van der Waals surface area contributed by atoms with Crippen molar-refractivity contribution in [1.82, 2.24) is 9.13 Å². The van der Waals surface area contributed by atoms with E-state index in [1.165, 1.54) is 11.5 Å². The third-order valence-corrected chi connectivity index (χ3v) is 11.3. The van der Waals surface area contributed by atoms with Crippen LogP contribution < -0.4 is 4.90 Å². The van der Waals surface area contributed by atoms with E-state index in [1.807, 2.05) is 6.07 Å². The van der Waals surface area contributed by atoms with Crippen LogP contribution in [-0.2, 0) is 0 Å². The number of benzene rings is 9. The molecule has 11 aromatic rings. The summed E-state index contributed by atoms with van der Waals surface area (Å²) in [7, 11) is 0. The molecule has 0 spiro atoms. The van der Waals surface area contributed by atoms with Gasteiger partial charge in [0, 0.05) is 38.6 Å². The summed E-state index contributed by atoms with van der Waals surface area (Å²) in [6.07, 6.45) is 0. The smallest absolute Gasteiger partial charge is 0.125 e. The third-order valence-electron chi connectivity index (χ3n) is 11.3. The topological polar surface area (TPSA) is 13.1 Å².